The highest BCUT2D eigenvalue weighted by Gasteiger charge is 2.23. The average molecular weight is 477 g/mol. The van der Waals surface area contributed by atoms with Crippen LogP contribution in [0.5, 0.6) is 11.5 Å². The Bertz CT molecular complexity index is 1410. The van der Waals surface area contributed by atoms with Gasteiger partial charge in [-0.25, -0.2) is 9.78 Å². The van der Waals surface area contributed by atoms with Gasteiger partial charge in [0.25, 0.3) is 5.91 Å². The first-order valence-corrected chi connectivity index (χ1v) is 11.3. The topological polar surface area (TPSA) is 86.8 Å². The number of nitrogens with one attached hydrogen (secondary N) is 1. The number of aryl methyl sites for hydroxylation is 1. The SMILES string of the molecule is COC(=O)c1c(NC(=O)c2cc(-c3ccc(OC)c(OC)c3)nc3ccccc23)sc(C)c1C. The van der Waals surface area contributed by atoms with Crippen LogP contribution in [0.4, 0.5) is 5.00 Å². The van der Waals surface area contributed by atoms with Crippen molar-refractivity contribution >= 4 is 39.1 Å². The third-order valence-corrected chi connectivity index (χ3v) is 6.76. The molecule has 0 bridgehead atoms. The van der Waals surface area contributed by atoms with Gasteiger partial charge in [0.15, 0.2) is 11.5 Å². The molecule has 0 fully saturated rings. The summed E-state index contributed by atoms with van der Waals surface area (Å²) in [5, 5.41) is 4.08. The number of rotatable bonds is 6. The monoisotopic (exact) mass is 476 g/mol. The molecule has 0 spiro atoms. The van der Waals surface area contributed by atoms with Crippen molar-refractivity contribution in [3.8, 4) is 22.8 Å². The Balaban J connectivity index is 1.82. The summed E-state index contributed by atoms with van der Waals surface area (Å²) >= 11 is 1.34. The van der Waals surface area contributed by atoms with Gasteiger partial charge in [0, 0.05) is 15.8 Å². The Morgan fingerprint density at radius 1 is 0.941 bits per heavy atom. The van der Waals surface area contributed by atoms with Gasteiger partial charge in [0.2, 0.25) is 0 Å². The molecule has 0 aliphatic rings. The maximum atomic E-state index is 13.5. The van der Waals surface area contributed by atoms with E-state index in [1.165, 1.54) is 18.4 Å². The number of ether oxygens (including phenoxy) is 3. The summed E-state index contributed by atoms with van der Waals surface area (Å²) in [5.41, 5.74) is 3.66. The minimum Gasteiger partial charge on any atom is -0.493 e. The van der Waals surface area contributed by atoms with Crippen molar-refractivity contribution in [2.45, 2.75) is 13.8 Å². The number of aromatic nitrogens is 1. The Labute approximate surface area is 201 Å². The van der Waals surface area contributed by atoms with Crippen LogP contribution in [0.25, 0.3) is 22.2 Å². The third kappa shape index (κ3) is 4.20. The molecule has 2 aromatic heterocycles. The molecule has 0 saturated carbocycles. The van der Waals surface area contributed by atoms with E-state index in [1.807, 2.05) is 50.2 Å². The minimum absolute atomic E-state index is 0.341. The minimum atomic E-state index is -0.484. The number of nitrogens with zero attached hydrogens (tertiary/aromatic N) is 1. The Kier molecular flexibility index (Phi) is 6.51. The number of benzene rings is 2. The van der Waals surface area contributed by atoms with E-state index in [-0.39, 0.29) is 5.91 Å². The lowest BCUT2D eigenvalue weighted by atomic mass is 10.0. The lowest BCUT2D eigenvalue weighted by Gasteiger charge is -2.12. The largest absolute Gasteiger partial charge is 0.493 e. The highest BCUT2D eigenvalue weighted by molar-refractivity contribution is 7.16. The standard InChI is InChI=1S/C26H24N2O5S/c1-14-15(2)34-25(23(14)26(30)33-5)28-24(29)18-13-20(27-19-9-7-6-8-17(18)19)16-10-11-21(31-3)22(12-16)32-4/h6-13H,1-5H3,(H,28,29). The molecular weight excluding hydrogens is 452 g/mol. The van der Waals surface area contributed by atoms with Crippen LogP contribution < -0.4 is 14.8 Å². The van der Waals surface area contributed by atoms with Crippen molar-refractivity contribution in [2.75, 3.05) is 26.6 Å². The Morgan fingerprint density at radius 2 is 1.68 bits per heavy atom. The van der Waals surface area contributed by atoms with Crippen LogP contribution in [0.15, 0.2) is 48.5 Å². The molecule has 8 heteroatoms. The van der Waals surface area contributed by atoms with Gasteiger partial charge in [0.1, 0.15) is 5.00 Å². The number of pyridine rings is 1. The van der Waals surface area contributed by atoms with Gasteiger partial charge in [-0.15, -0.1) is 11.3 Å². The number of amides is 1. The van der Waals surface area contributed by atoms with Gasteiger partial charge in [-0.2, -0.15) is 0 Å². The van der Waals surface area contributed by atoms with Gasteiger partial charge in [-0.05, 0) is 49.7 Å². The fraction of sp³-hybridized carbons (Fsp3) is 0.192. The third-order valence-electron chi connectivity index (χ3n) is 5.64. The van der Waals surface area contributed by atoms with Crippen LogP contribution >= 0.6 is 11.3 Å². The predicted octanol–water partition coefficient (Wildman–Crippen LogP) is 5.64. The summed E-state index contributed by atoms with van der Waals surface area (Å²) in [6, 6.07) is 14.7. The summed E-state index contributed by atoms with van der Waals surface area (Å²) in [4.78, 5) is 31.5. The molecule has 0 aliphatic carbocycles. The normalized spacial score (nSPS) is 10.7. The molecule has 1 amide bonds. The summed E-state index contributed by atoms with van der Waals surface area (Å²) in [6.07, 6.45) is 0. The van der Waals surface area contributed by atoms with Crippen molar-refractivity contribution in [2.24, 2.45) is 0 Å². The zero-order valence-corrected chi connectivity index (χ0v) is 20.3. The quantitative estimate of drug-likeness (QED) is 0.363. The fourth-order valence-corrected chi connectivity index (χ4v) is 4.78. The van der Waals surface area contributed by atoms with Crippen LogP contribution in [0.3, 0.4) is 0 Å². The first-order valence-electron chi connectivity index (χ1n) is 10.5. The van der Waals surface area contributed by atoms with Gasteiger partial charge in [0.05, 0.1) is 43.7 Å². The molecule has 34 heavy (non-hydrogen) atoms. The van der Waals surface area contributed by atoms with Gasteiger partial charge in [-0.1, -0.05) is 18.2 Å². The summed E-state index contributed by atoms with van der Waals surface area (Å²) in [5.74, 6) is 0.339. The molecule has 2 heterocycles. The second-order valence-electron chi connectivity index (χ2n) is 7.58. The number of fused-ring (bicyclic) bond motifs is 1. The highest BCUT2D eigenvalue weighted by Crippen LogP contribution is 2.35. The van der Waals surface area contributed by atoms with Gasteiger partial charge in [-0.3, -0.25) is 4.79 Å². The first-order chi connectivity index (χ1) is 16.4. The number of hydrogen-bond donors (Lipinski definition) is 1. The second kappa shape index (κ2) is 9.52. The molecule has 2 aromatic carbocycles. The van der Waals surface area contributed by atoms with Crippen molar-refractivity contribution < 1.29 is 23.8 Å². The number of carbonyl (C=O) groups is 2. The van der Waals surface area contributed by atoms with Crippen LogP contribution in [-0.2, 0) is 4.74 Å². The Hall–Kier alpha value is -3.91. The summed E-state index contributed by atoms with van der Waals surface area (Å²) in [6.45, 7) is 3.74. The first kappa shape index (κ1) is 23.3. The molecule has 0 saturated heterocycles. The number of anilines is 1. The second-order valence-corrected chi connectivity index (χ2v) is 8.80. The molecule has 0 atom stereocenters. The Morgan fingerprint density at radius 3 is 2.38 bits per heavy atom. The van der Waals surface area contributed by atoms with Gasteiger partial charge < -0.3 is 19.5 Å². The molecule has 7 nitrogen and oxygen atoms in total. The number of methoxy groups -OCH3 is 3. The van der Waals surface area contributed by atoms with E-state index in [9.17, 15) is 9.59 Å². The van der Waals surface area contributed by atoms with Crippen molar-refractivity contribution in [3.05, 3.63) is 70.1 Å². The van der Waals surface area contributed by atoms with E-state index >= 15 is 0 Å². The van der Waals surface area contributed by atoms with E-state index in [0.717, 1.165) is 16.0 Å². The molecular formula is C26H24N2O5S. The fourth-order valence-electron chi connectivity index (χ4n) is 3.74. The molecule has 4 aromatic rings. The molecule has 0 unspecified atom stereocenters. The van der Waals surface area contributed by atoms with Crippen molar-refractivity contribution in [1.82, 2.24) is 4.98 Å². The number of para-hydroxylation sites is 1. The van der Waals surface area contributed by atoms with Gasteiger partial charge >= 0.3 is 5.97 Å². The number of thiophene rings is 1. The van der Waals surface area contributed by atoms with Crippen LogP contribution in [0.2, 0.25) is 0 Å². The molecule has 4 rings (SSSR count). The van der Waals surface area contributed by atoms with Crippen LogP contribution in [0.1, 0.15) is 31.2 Å². The number of hydrogen-bond acceptors (Lipinski definition) is 7. The predicted molar refractivity (Wildman–Crippen MR) is 133 cm³/mol. The lowest BCUT2D eigenvalue weighted by Crippen LogP contribution is -2.15. The zero-order valence-electron chi connectivity index (χ0n) is 19.5. The molecule has 0 aliphatic heterocycles. The van der Waals surface area contributed by atoms with E-state index in [1.54, 1.807) is 26.4 Å². The van der Waals surface area contributed by atoms with E-state index < -0.39 is 5.97 Å². The van der Waals surface area contributed by atoms with Crippen LogP contribution in [0, 0.1) is 13.8 Å². The van der Waals surface area contributed by atoms with Crippen molar-refractivity contribution in [1.29, 1.82) is 0 Å². The maximum Gasteiger partial charge on any atom is 0.341 e. The van der Waals surface area contributed by atoms with Crippen LogP contribution in [-0.4, -0.2) is 38.2 Å². The maximum absolute atomic E-state index is 13.5. The average Bonchev–Trinajstić information content (AvgIpc) is 3.14. The van der Waals surface area contributed by atoms with E-state index in [0.29, 0.717) is 44.2 Å². The van der Waals surface area contributed by atoms with E-state index in [4.69, 9.17) is 19.2 Å². The molecule has 174 valence electrons. The molecule has 1 N–H and O–H groups in total. The summed E-state index contributed by atoms with van der Waals surface area (Å²) < 4.78 is 15.7. The number of carbonyl (C=O) groups excluding carboxylic acids is 2. The highest BCUT2D eigenvalue weighted by atomic mass is 32.1. The molecule has 0 radical (unpaired) electrons. The van der Waals surface area contributed by atoms with E-state index in [2.05, 4.69) is 5.32 Å². The zero-order chi connectivity index (χ0) is 24.4. The van der Waals surface area contributed by atoms with Crippen molar-refractivity contribution in [3.63, 3.8) is 0 Å². The smallest absolute Gasteiger partial charge is 0.341 e. The summed E-state index contributed by atoms with van der Waals surface area (Å²) in [7, 11) is 4.47. The number of esters is 1. The lowest BCUT2D eigenvalue weighted by molar-refractivity contribution is 0.0601.